The van der Waals surface area contributed by atoms with Gasteiger partial charge in [-0.15, -0.1) is 0 Å². The summed E-state index contributed by atoms with van der Waals surface area (Å²) < 4.78 is 34.1. The van der Waals surface area contributed by atoms with E-state index in [-0.39, 0.29) is 24.1 Å². The summed E-state index contributed by atoms with van der Waals surface area (Å²) in [5, 5.41) is 9.21. The molecule has 0 aromatic rings. The fraction of sp³-hybridized carbons (Fsp3) is 0.923. The van der Waals surface area contributed by atoms with Gasteiger partial charge >= 0.3 is 5.97 Å². The van der Waals surface area contributed by atoms with Gasteiger partial charge in [-0.1, -0.05) is 13.8 Å². The summed E-state index contributed by atoms with van der Waals surface area (Å²) in [7, 11) is -2.18. The van der Waals surface area contributed by atoms with Crippen molar-refractivity contribution in [1.29, 1.82) is 0 Å². The van der Waals surface area contributed by atoms with Crippen LogP contribution in [0.4, 0.5) is 0 Å². The lowest BCUT2D eigenvalue weighted by molar-refractivity contribution is -0.142. The van der Waals surface area contributed by atoms with E-state index in [0.29, 0.717) is 19.3 Å². The maximum atomic E-state index is 12.5. The van der Waals surface area contributed by atoms with Gasteiger partial charge in [-0.25, -0.2) is 0 Å². The van der Waals surface area contributed by atoms with Crippen LogP contribution in [0.5, 0.6) is 0 Å². The first-order valence-corrected chi connectivity index (χ1v) is 8.69. The number of carboxylic acids is 1. The first-order chi connectivity index (χ1) is 9.70. The molecular weight excluding hydrogens is 296 g/mol. The lowest BCUT2D eigenvalue weighted by Gasteiger charge is -2.51. The van der Waals surface area contributed by atoms with Gasteiger partial charge in [0.1, 0.15) is 6.04 Å². The van der Waals surface area contributed by atoms with E-state index in [2.05, 4.69) is 4.72 Å². The van der Waals surface area contributed by atoms with Crippen LogP contribution in [0.2, 0.25) is 0 Å². The number of ether oxygens (including phenoxy) is 1. The second-order valence-corrected chi connectivity index (χ2v) is 8.07. The Morgan fingerprint density at radius 2 is 2.05 bits per heavy atom. The Labute approximate surface area is 125 Å². The van der Waals surface area contributed by atoms with Gasteiger partial charge in [-0.3, -0.25) is 4.79 Å². The van der Waals surface area contributed by atoms with Crippen LogP contribution >= 0.6 is 0 Å². The van der Waals surface area contributed by atoms with Crippen molar-refractivity contribution in [2.45, 2.75) is 57.7 Å². The Morgan fingerprint density at radius 1 is 1.38 bits per heavy atom. The summed E-state index contributed by atoms with van der Waals surface area (Å²) in [6.45, 7) is 4.15. The highest BCUT2D eigenvalue weighted by Crippen LogP contribution is 2.43. The van der Waals surface area contributed by atoms with E-state index in [1.165, 1.54) is 0 Å². The Bertz CT molecular complexity index is 505. The van der Waals surface area contributed by atoms with E-state index in [4.69, 9.17) is 4.74 Å². The molecule has 122 valence electrons. The summed E-state index contributed by atoms with van der Waals surface area (Å²) in [5.41, 5.74) is -0.295. The van der Waals surface area contributed by atoms with Gasteiger partial charge in [-0.2, -0.15) is 17.4 Å². The fourth-order valence-corrected chi connectivity index (χ4v) is 4.97. The summed E-state index contributed by atoms with van der Waals surface area (Å²) in [5.74, 6) is -1.08. The Balaban J connectivity index is 2.10. The molecule has 2 rings (SSSR count). The standard InChI is InChI=1S/C13H24N2O5S/c1-13(2)10(8-11(13)20-3)14-21(18,19)15-7-5-4-6-9(15)12(16)17/h9-11,14H,4-8H2,1-3H3,(H,16,17). The molecule has 1 saturated heterocycles. The van der Waals surface area contributed by atoms with Crippen LogP contribution in [0.25, 0.3) is 0 Å². The molecule has 2 aliphatic rings. The molecule has 1 saturated carbocycles. The molecule has 0 aromatic heterocycles. The smallest absolute Gasteiger partial charge is 0.322 e. The second kappa shape index (κ2) is 5.83. The van der Waals surface area contributed by atoms with Crippen LogP contribution in [-0.2, 0) is 19.7 Å². The number of aliphatic carboxylic acids is 1. The van der Waals surface area contributed by atoms with Crippen LogP contribution in [0, 0.1) is 5.41 Å². The van der Waals surface area contributed by atoms with Gasteiger partial charge in [0.2, 0.25) is 0 Å². The Kier molecular flexibility index (Phi) is 4.63. The average molecular weight is 320 g/mol. The number of carboxylic acid groups (broad SMARTS) is 1. The Hall–Kier alpha value is -0.700. The number of rotatable bonds is 5. The van der Waals surface area contributed by atoms with Gasteiger partial charge in [0.25, 0.3) is 10.2 Å². The maximum Gasteiger partial charge on any atom is 0.322 e. The molecule has 7 nitrogen and oxygen atoms in total. The number of carbonyl (C=O) groups is 1. The van der Waals surface area contributed by atoms with Crippen molar-refractivity contribution < 1.29 is 23.1 Å². The van der Waals surface area contributed by atoms with E-state index in [0.717, 1.165) is 10.7 Å². The number of piperidine rings is 1. The van der Waals surface area contributed by atoms with Gasteiger partial charge < -0.3 is 9.84 Å². The number of hydrogen-bond donors (Lipinski definition) is 2. The molecular formula is C13H24N2O5S. The summed E-state index contributed by atoms with van der Waals surface area (Å²) >= 11 is 0. The minimum Gasteiger partial charge on any atom is -0.480 e. The highest BCUT2D eigenvalue weighted by molar-refractivity contribution is 7.87. The molecule has 8 heteroatoms. The predicted octanol–water partition coefficient (Wildman–Crippen LogP) is 0.573. The van der Waals surface area contributed by atoms with Gasteiger partial charge in [0.05, 0.1) is 6.10 Å². The molecule has 1 aliphatic heterocycles. The van der Waals surface area contributed by atoms with Gasteiger partial charge in [0, 0.05) is 25.1 Å². The topological polar surface area (TPSA) is 95.9 Å². The van der Waals surface area contributed by atoms with Gasteiger partial charge in [-0.05, 0) is 25.7 Å². The lowest BCUT2D eigenvalue weighted by atomic mass is 9.65. The first-order valence-electron chi connectivity index (χ1n) is 7.25. The van der Waals surface area contributed by atoms with E-state index in [9.17, 15) is 18.3 Å². The lowest BCUT2D eigenvalue weighted by Crippen LogP contribution is -2.64. The zero-order chi connectivity index (χ0) is 15.8. The molecule has 3 unspecified atom stereocenters. The predicted molar refractivity (Wildman–Crippen MR) is 77.0 cm³/mol. The van der Waals surface area contributed by atoms with E-state index < -0.39 is 22.2 Å². The van der Waals surface area contributed by atoms with E-state index in [1.807, 2.05) is 13.8 Å². The minimum atomic E-state index is -3.79. The Morgan fingerprint density at radius 3 is 2.57 bits per heavy atom. The molecule has 21 heavy (non-hydrogen) atoms. The van der Waals surface area contributed by atoms with Crippen LogP contribution in [0.1, 0.15) is 39.5 Å². The van der Waals surface area contributed by atoms with E-state index in [1.54, 1.807) is 7.11 Å². The molecule has 1 aliphatic carbocycles. The summed E-state index contributed by atoms with van der Waals surface area (Å²) in [6.07, 6.45) is 2.42. The number of nitrogens with zero attached hydrogens (tertiary/aromatic N) is 1. The number of methoxy groups -OCH3 is 1. The molecule has 0 radical (unpaired) electrons. The molecule has 0 spiro atoms. The largest absolute Gasteiger partial charge is 0.480 e. The van der Waals surface area contributed by atoms with Crippen LogP contribution in [0.15, 0.2) is 0 Å². The molecule has 2 fully saturated rings. The number of nitrogens with one attached hydrogen (secondary N) is 1. The highest BCUT2D eigenvalue weighted by atomic mass is 32.2. The zero-order valence-corrected chi connectivity index (χ0v) is 13.5. The van der Waals surface area contributed by atoms with Crippen molar-refractivity contribution in [3.63, 3.8) is 0 Å². The molecule has 0 aromatic carbocycles. The quantitative estimate of drug-likeness (QED) is 0.772. The van der Waals surface area contributed by atoms with E-state index >= 15 is 0 Å². The van der Waals surface area contributed by atoms with Crippen molar-refractivity contribution in [1.82, 2.24) is 9.03 Å². The third kappa shape index (κ3) is 3.08. The molecule has 3 atom stereocenters. The monoisotopic (exact) mass is 320 g/mol. The highest BCUT2D eigenvalue weighted by Gasteiger charge is 2.51. The summed E-state index contributed by atoms with van der Waals surface area (Å²) in [4.78, 5) is 11.3. The fourth-order valence-electron chi connectivity index (χ4n) is 3.17. The minimum absolute atomic E-state index is 0.0156. The van der Waals surface area contributed by atoms with Gasteiger partial charge in [0.15, 0.2) is 0 Å². The molecule has 0 bridgehead atoms. The normalized spacial score (nSPS) is 33.4. The van der Waals surface area contributed by atoms with Crippen LogP contribution in [-0.4, -0.2) is 55.6 Å². The third-order valence-corrected chi connectivity index (χ3v) is 6.44. The molecule has 0 amide bonds. The SMILES string of the molecule is COC1CC(NS(=O)(=O)N2CCCCC2C(=O)O)C1(C)C. The van der Waals surface area contributed by atoms with Crippen molar-refractivity contribution in [3.8, 4) is 0 Å². The molecule has 2 N–H and O–H groups in total. The average Bonchev–Trinajstić information content (AvgIpc) is 2.43. The third-order valence-electron chi connectivity index (χ3n) is 4.80. The molecule has 1 heterocycles. The first kappa shape index (κ1) is 16.7. The maximum absolute atomic E-state index is 12.5. The van der Waals surface area contributed by atoms with Crippen molar-refractivity contribution in [2.24, 2.45) is 5.41 Å². The zero-order valence-electron chi connectivity index (χ0n) is 12.7. The van der Waals surface area contributed by atoms with Crippen molar-refractivity contribution in [3.05, 3.63) is 0 Å². The van der Waals surface area contributed by atoms with Crippen LogP contribution < -0.4 is 4.72 Å². The summed E-state index contributed by atoms with van der Waals surface area (Å²) in [6, 6.07) is -1.19. The second-order valence-electron chi connectivity index (χ2n) is 6.42. The van der Waals surface area contributed by atoms with Crippen molar-refractivity contribution >= 4 is 16.2 Å². The van der Waals surface area contributed by atoms with Crippen LogP contribution in [0.3, 0.4) is 0 Å². The van der Waals surface area contributed by atoms with Crippen molar-refractivity contribution in [2.75, 3.05) is 13.7 Å². The number of hydrogen-bond acceptors (Lipinski definition) is 4.